The first kappa shape index (κ1) is 13.4. The van der Waals surface area contributed by atoms with Gasteiger partial charge in [0.05, 0.1) is 19.2 Å². The second-order valence-corrected chi connectivity index (χ2v) is 4.30. The summed E-state index contributed by atoms with van der Waals surface area (Å²) in [7, 11) is 3.01. The first-order chi connectivity index (χ1) is 9.17. The number of ketones is 1. The van der Waals surface area contributed by atoms with E-state index in [1.807, 2.05) is 18.2 Å². The molecule has 19 heavy (non-hydrogen) atoms. The third-order valence-electron chi connectivity index (χ3n) is 2.73. The minimum Gasteiger partial charge on any atom is -0.493 e. The molecule has 4 heteroatoms. The maximum atomic E-state index is 12.3. The molecule has 0 bridgehead atoms. The van der Waals surface area contributed by atoms with Gasteiger partial charge < -0.3 is 9.47 Å². The topological polar surface area (TPSA) is 35.5 Å². The van der Waals surface area contributed by atoms with Crippen molar-refractivity contribution in [2.24, 2.45) is 0 Å². The summed E-state index contributed by atoms with van der Waals surface area (Å²) in [4.78, 5) is 12.3. The van der Waals surface area contributed by atoms with Crippen LogP contribution in [0.1, 0.15) is 15.9 Å². The van der Waals surface area contributed by atoms with Gasteiger partial charge in [0.15, 0.2) is 17.3 Å². The SMILES string of the molecule is COc1cc(C(=O)c2ccccc2)cc(Cl)c1OC. The third-order valence-corrected chi connectivity index (χ3v) is 3.01. The van der Waals surface area contributed by atoms with E-state index in [-0.39, 0.29) is 5.78 Å². The summed E-state index contributed by atoms with van der Waals surface area (Å²) in [5.41, 5.74) is 1.07. The quantitative estimate of drug-likeness (QED) is 0.801. The molecule has 0 unspecified atom stereocenters. The zero-order valence-corrected chi connectivity index (χ0v) is 11.4. The summed E-state index contributed by atoms with van der Waals surface area (Å²) in [5, 5.41) is 0.348. The molecule has 0 heterocycles. The summed E-state index contributed by atoms with van der Waals surface area (Å²) in [5.74, 6) is 0.756. The van der Waals surface area contributed by atoms with Gasteiger partial charge in [0.25, 0.3) is 0 Å². The van der Waals surface area contributed by atoms with Crippen LogP contribution in [0.4, 0.5) is 0 Å². The molecule has 3 nitrogen and oxygen atoms in total. The van der Waals surface area contributed by atoms with Crippen molar-refractivity contribution in [2.75, 3.05) is 14.2 Å². The number of rotatable bonds is 4. The number of halogens is 1. The van der Waals surface area contributed by atoms with Gasteiger partial charge in [-0.05, 0) is 12.1 Å². The van der Waals surface area contributed by atoms with Crippen molar-refractivity contribution in [3.05, 3.63) is 58.6 Å². The Bertz CT molecular complexity index is 594. The molecule has 0 aliphatic carbocycles. The molecule has 0 aliphatic heterocycles. The maximum Gasteiger partial charge on any atom is 0.193 e. The highest BCUT2D eigenvalue weighted by molar-refractivity contribution is 6.33. The van der Waals surface area contributed by atoms with Gasteiger partial charge in [-0.25, -0.2) is 0 Å². The van der Waals surface area contributed by atoms with Crippen molar-refractivity contribution >= 4 is 17.4 Å². The van der Waals surface area contributed by atoms with Crippen molar-refractivity contribution in [1.29, 1.82) is 0 Å². The number of carbonyl (C=O) groups is 1. The molecule has 0 saturated heterocycles. The lowest BCUT2D eigenvalue weighted by Crippen LogP contribution is -2.02. The van der Waals surface area contributed by atoms with Crippen molar-refractivity contribution in [2.45, 2.75) is 0 Å². The van der Waals surface area contributed by atoms with Crippen molar-refractivity contribution in [1.82, 2.24) is 0 Å². The molecule has 0 amide bonds. The highest BCUT2D eigenvalue weighted by Gasteiger charge is 2.16. The fraction of sp³-hybridized carbons (Fsp3) is 0.133. The second kappa shape index (κ2) is 5.76. The molecule has 2 aromatic carbocycles. The van der Waals surface area contributed by atoms with Gasteiger partial charge in [0.1, 0.15) is 0 Å². The summed E-state index contributed by atoms with van der Waals surface area (Å²) in [6.07, 6.45) is 0. The Morgan fingerprint density at radius 3 is 2.26 bits per heavy atom. The molecule has 0 aliphatic rings. The first-order valence-electron chi connectivity index (χ1n) is 5.68. The van der Waals surface area contributed by atoms with E-state index in [1.54, 1.807) is 24.3 Å². The van der Waals surface area contributed by atoms with Crippen molar-refractivity contribution in [3.8, 4) is 11.5 Å². The van der Waals surface area contributed by atoms with E-state index in [0.717, 1.165) is 0 Å². The minimum absolute atomic E-state index is 0.108. The lowest BCUT2D eigenvalue weighted by Gasteiger charge is -2.11. The molecule has 2 aromatic rings. The molecular formula is C15H13ClO3. The fourth-order valence-corrected chi connectivity index (χ4v) is 2.09. The van der Waals surface area contributed by atoms with Crippen LogP contribution in [0.15, 0.2) is 42.5 Å². The van der Waals surface area contributed by atoms with Crippen LogP contribution in [0, 0.1) is 0 Å². The second-order valence-electron chi connectivity index (χ2n) is 3.89. The maximum absolute atomic E-state index is 12.3. The van der Waals surface area contributed by atoms with Gasteiger partial charge >= 0.3 is 0 Å². The van der Waals surface area contributed by atoms with Gasteiger partial charge in [0.2, 0.25) is 0 Å². The number of hydrogen-bond acceptors (Lipinski definition) is 3. The Hall–Kier alpha value is -2.00. The largest absolute Gasteiger partial charge is 0.493 e. The van der Waals surface area contributed by atoms with Crippen LogP contribution in [0.2, 0.25) is 5.02 Å². The van der Waals surface area contributed by atoms with E-state index in [0.29, 0.717) is 27.6 Å². The zero-order valence-electron chi connectivity index (χ0n) is 10.6. The van der Waals surface area contributed by atoms with Crippen LogP contribution in [-0.2, 0) is 0 Å². The number of benzene rings is 2. The predicted molar refractivity (Wildman–Crippen MR) is 74.4 cm³/mol. The van der Waals surface area contributed by atoms with Crippen LogP contribution in [0.25, 0.3) is 0 Å². The smallest absolute Gasteiger partial charge is 0.193 e. The Kier molecular flexibility index (Phi) is 4.07. The van der Waals surface area contributed by atoms with Gasteiger partial charge in [-0.15, -0.1) is 0 Å². The van der Waals surface area contributed by atoms with Crippen molar-refractivity contribution in [3.63, 3.8) is 0 Å². The van der Waals surface area contributed by atoms with Crippen LogP contribution >= 0.6 is 11.6 Å². The molecule has 0 aromatic heterocycles. The molecule has 0 N–H and O–H groups in total. The molecule has 0 spiro atoms. The van der Waals surface area contributed by atoms with Gasteiger partial charge in [0, 0.05) is 11.1 Å². The normalized spacial score (nSPS) is 10.1. The highest BCUT2D eigenvalue weighted by Crippen LogP contribution is 2.36. The minimum atomic E-state index is -0.108. The molecule has 0 radical (unpaired) electrons. The summed E-state index contributed by atoms with van der Waals surface area (Å²) >= 11 is 6.09. The highest BCUT2D eigenvalue weighted by atomic mass is 35.5. The molecular weight excluding hydrogens is 264 g/mol. The third kappa shape index (κ3) is 2.71. The van der Waals surface area contributed by atoms with Gasteiger partial charge in [-0.3, -0.25) is 4.79 Å². The Morgan fingerprint density at radius 2 is 1.68 bits per heavy atom. The zero-order chi connectivity index (χ0) is 13.8. The number of hydrogen-bond donors (Lipinski definition) is 0. The predicted octanol–water partition coefficient (Wildman–Crippen LogP) is 3.59. The van der Waals surface area contributed by atoms with E-state index < -0.39 is 0 Å². The van der Waals surface area contributed by atoms with Gasteiger partial charge in [-0.2, -0.15) is 0 Å². The average molecular weight is 277 g/mol. The molecule has 2 rings (SSSR count). The number of ether oxygens (including phenoxy) is 2. The molecule has 0 fully saturated rings. The lowest BCUT2D eigenvalue weighted by molar-refractivity contribution is 0.103. The Balaban J connectivity index is 2.47. The monoisotopic (exact) mass is 276 g/mol. The van der Waals surface area contributed by atoms with Crippen molar-refractivity contribution < 1.29 is 14.3 Å². The Morgan fingerprint density at radius 1 is 1.00 bits per heavy atom. The first-order valence-corrected chi connectivity index (χ1v) is 6.06. The lowest BCUT2D eigenvalue weighted by atomic mass is 10.0. The van der Waals surface area contributed by atoms with E-state index >= 15 is 0 Å². The standard InChI is InChI=1S/C15H13ClO3/c1-18-13-9-11(8-12(16)15(13)19-2)14(17)10-6-4-3-5-7-10/h3-9H,1-2H3. The summed E-state index contributed by atoms with van der Waals surface area (Å²) in [6.45, 7) is 0. The van der Waals surface area contributed by atoms with Crippen LogP contribution in [0.5, 0.6) is 11.5 Å². The van der Waals surface area contributed by atoms with E-state index in [4.69, 9.17) is 21.1 Å². The summed E-state index contributed by atoms with van der Waals surface area (Å²) < 4.78 is 10.3. The van der Waals surface area contributed by atoms with E-state index in [2.05, 4.69) is 0 Å². The summed E-state index contributed by atoms with van der Waals surface area (Å²) in [6, 6.07) is 12.2. The van der Waals surface area contributed by atoms with Crippen LogP contribution < -0.4 is 9.47 Å². The van der Waals surface area contributed by atoms with Crippen LogP contribution in [0.3, 0.4) is 0 Å². The van der Waals surface area contributed by atoms with Crippen LogP contribution in [-0.4, -0.2) is 20.0 Å². The van der Waals surface area contributed by atoms with E-state index in [9.17, 15) is 4.79 Å². The molecule has 98 valence electrons. The fourth-order valence-electron chi connectivity index (χ4n) is 1.81. The average Bonchev–Trinajstić information content (AvgIpc) is 2.46. The number of methoxy groups -OCH3 is 2. The van der Waals surface area contributed by atoms with Gasteiger partial charge in [-0.1, -0.05) is 41.9 Å². The Labute approximate surface area is 116 Å². The number of carbonyl (C=O) groups excluding carboxylic acids is 1. The van der Waals surface area contributed by atoms with E-state index in [1.165, 1.54) is 14.2 Å². The molecule has 0 saturated carbocycles. The molecule has 0 atom stereocenters.